The molecule has 0 bridgehead atoms. The van der Waals surface area contributed by atoms with Gasteiger partial charge in [0.05, 0.1) is 19.3 Å². The van der Waals surface area contributed by atoms with Gasteiger partial charge in [0.1, 0.15) is 0 Å². The number of hydrogen-bond acceptors (Lipinski definition) is 3. The standard InChI is InChI=1S/C19H24N2O3/c22-18(9-12-20-11-8-15-5-1-2-6-16(15)20)21-10-4-3-7-17(21)19-23-13-14-24-19/h1-2,5-6,8,11,17,19H,3-4,7,9-10,12-14H2. The molecule has 0 spiro atoms. The Kier molecular flexibility index (Phi) is 4.54. The molecule has 2 fully saturated rings. The molecule has 5 heteroatoms. The molecule has 0 N–H and O–H groups in total. The Morgan fingerprint density at radius 1 is 1.12 bits per heavy atom. The highest BCUT2D eigenvalue weighted by Crippen LogP contribution is 2.25. The van der Waals surface area contributed by atoms with Crippen LogP contribution in [0.2, 0.25) is 0 Å². The second kappa shape index (κ2) is 6.95. The van der Waals surface area contributed by atoms with Gasteiger partial charge in [-0.1, -0.05) is 18.2 Å². The molecule has 1 aromatic heterocycles. The lowest BCUT2D eigenvalue weighted by Gasteiger charge is -2.38. The first-order valence-electron chi connectivity index (χ1n) is 8.89. The predicted octanol–water partition coefficient (Wildman–Crippen LogP) is 2.79. The third kappa shape index (κ3) is 3.06. The van der Waals surface area contributed by atoms with E-state index in [-0.39, 0.29) is 18.2 Å². The molecule has 1 atom stereocenters. The largest absolute Gasteiger partial charge is 0.348 e. The number of carbonyl (C=O) groups excluding carboxylic acids is 1. The first-order valence-corrected chi connectivity index (χ1v) is 8.89. The minimum absolute atomic E-state index is 0.0788. The monoisotopic (exact) mass is 328 g/mol. The second-order valence-corrected chi connectivity index (χ2v) is 6.58. The molecule has 2 aromatic rings. The van der Waals surface area contributed by atoms with Crippen LogP contribution < -0.4 is 0 Å². The number of nitrogens with zero attached hydrogens (tertiary/aromatic N) is 2. The smallest absolute Gasteiger partial charge is 0.224 e. The Morgan fingerprint density at radius 3 is 2.83 bits per heavy atom. The summed E-state index contributed by atoms with van der Waals surface area (Å²) in [5, 5.41) is 1.22. The summed E-state index contributed by atoms with van der Waals surface area (Å²) in [7, 11) is 0. The number of amides is 1. The molecule has 1 aromatic carbocycles. The summed E-state index contributed by atoms with van der Waals surface area (Å²) >= 11 is 0. The summed E-state index contributed by atoms with van der Waals surface area (Å²) in [5.74, 6) is 0.205. The number of aromatic nitrogens is 1. The van der Waals surface area contributed by atoms with E-state index in [9.17, 15) is 4.79 Å². The molecule has 4 rings (SSSR count). The van der Waals surface area contributed by atoms with Crippen LogP contribution >= 0.6 is 0 Å². The van der Waals surface area contributed by atoms with Crippen molar-refractivity contribution >= 4 is 16.8 Å². The molecule has 1 unspecified atom stereocenters. The van der Waals surface area contributed by atoms with E-state index in [4.69, 9.17) is 9.47 Å². The van der Waals surface area contributed by atoms with Crippen LogP contribution in [0.1, 0.15) is 25.7 Å². The van der Waals surface area contributed by atoms with Gasteiger partial charge >= 0.3 is 0 Å². The fourth-order valence-corrected chi connectivity index (χ4v) is 3.84. The highest BCUT2D eigenvalue weighted by molar-refractivity contribution is 5.80. The van der Waals surface area contributed by atoms with Crippen LogP contribution in [0.4, 0.5) is 0 Å². The minimum atomic E-state index is -0.235. The van der Waals surface area contributed by atoms with Crippen molar-refractivity contribution < 1.29 is 14.3 Å². The lowest BCUT2D eigenvalue weighted by Crippen LogP contribution is -2.50. The quantitative estimate of drug-likeness (QED) is 0.867. The van der Waals surface area contributed by atoms with Gasteiger partial charge in [0.25, 0.3) is 0 Å². The first kappa shape index (κ1) is 15.7. The van der Waals surface area contributed by atoms with Crippen molar-refractivity contribution in [2.24, 2.45) is 0 Å². The molecule has 0 radical (unpaired) electrons. The maximum Gasteiger partial charge on any atom is 0.224 e. The Labute approximate surface area is 142 Å². The number of hydrogen-bond donors (Lipinski definition) is 0. The van der Waals surface area contributed by atoms with E-state index in [2.05, 4.69) is 29.0 Å². The number of fused-ring (bicyclic) bond motifs is 1. The van der Waals surface area contributed by atoms with Gasteiger partial charge in [-0.05, 0) is 36.8 Å². The number of aryl methyl sites for hydroxylation is 1. The van der Waals surface area contributed by atoms with E-state index in [1.165, 1.54) is 10.9 Å². The first-order chi connectivity index (χ1) is 11.8. The van der Waals surface area contributed by atoms with Gasteiger partial charge in [-0.15, -0.1) is 0 Å². The number of ether oxygens (including phenoxy) is 2. The van der Waals surface area contributed by atoms with Crippen molar-refractivity contribution in [1.82, 2.24) is 9.47 Å². The Morgan fingerprint density at radius 2 is 1.96 bits per heavy atom. The normalized spacial score (nSPS) is 22.3. The van der Waals surface area contributed by atoms with Crippen LogP contribution in [0.25, 0.3) is 10.9 Å². The third-order valence-electron chi connectivity index (χ3n) is 5.08. The summed E-state index contributed by atoms with van der Waals surface area (Å²) in [4.78, 5) is 14.8. The van der Waals surface area contributed by atoms with Gasteiger partial charge in [0.15, 0.2) is 6.29 Å². The van der Waals surface area contributed by atoms with Gasteiger partial charge < -0.3 is 18.9 Å². The molecule has 128 valence electrons. The van der Waals surface area contributed by atoms with Crippen LogP contribution in [0.3, 0.4) is 0 Å². The third-order valence-corrected chi connectivity index (χ3v) is 5.08. The highest BCUT2D eigenvalue weighted by atomic mass is 16.7. The maximum absolute atomic E-state index is 12.8. The predicted molar refractivity (Wildman–Crippen MR) is 91.6 cm³/mol. The van der Waals surface area contributed by atoms with E-state index < -0.39 is 0 Å². The number of piperidine rings is 1. The van der Waals surface area contributed by atoms with Crippen LogP contribution in [0.15, 0.2) is 36.5 Å². The average molecular weight is 328 g/mol. The zero-order valence-electron chi connectivity index (χ0n) is 13.9. The summed E-state index contributed by atoms with van der Waals surface area (Å²) in [6.45, 7) is 2.80. The molecule has 5 nitrogen and oxygen atoms in total. The van der Waals surface area contributed by atoms with Crippen molar-refractivity contribution in [3.63, 3.8) is 0 Å². The van der Waals surface area contributed by atoms with Crippen LogP contribution in [0.5, 0.6) is 0 Å². The number of para-hydroxylation sites is 1. The van der Waals surface area contributed by atoms with Crippen molar-refractivity contribution in [3.8, 4) is 0 Å². The van der Waals surface area contributed by atoms with Crippen molar-refractivity contribution in [1.29, 1.82) is 0 Å². The second-order valence-electron chi connectivity index (χ2n) is 6.58. The molecule has 2 saturated heterocycles. The van der Waals surface area contributed by atoms with Crippen molar-refractivity contribution in [3.05, 3.63) is 36.5 Å². The van der Waals surface area contributed by atoms with Gasteiger partial charge in [-0.25, -0.2) is 0 Å². The average Bonchev–Trinajstić information content (AvgIpc) is 3.30. The number of benzene rings is 1. The van der Waals surface area contributed by atoms with E-state index in [0.29, 0.717) is 26.2 Å². The fourth-order valence-electron chi connectivity index (χ4n) is 3.84. The number of carbonyl (C=O) groups is 1. The van der Waals surface area contributed by atoms with Crippen LogP contribution in [0, 0.1) is 0 Å². The zero-order valence-corrected chi connectivity index (χ0v) is 13.9. The zero-order chi connectivity index (χ0) is 16.4. The minimum Gasteiger partial charge on any atom is -0.348 e. The maximum atomic E-state index is 12.8. The van der Waals surface area contributed by atoms with E-state index in [0.717, 1.165) is 25.8 Å². The van der Waals surface area contributed by atoms with E-state index in [1.54, 1.807) is 0 Å². The molecule has 2 aliphatic rings. The molecule has 2 aliphatic heterocycles. The van der Waals surface area contributed by atoms with Crippen LogP contribution in [-0.2, 0) is 20.8 Å². The molecule has 1 amide bonds. The van der Waals surface area contributed by atoms with Crippen molar-refractivity contribution in [2.75, 3.05) is 19.8 Å². The fraction of sp³-hybridized carbons (Fsp3) is 0.526. The van der Waals surface area contributed by atoms with Gasteiger partial charge in [0.2, 0.25) is 5.91 Å². The summed E-state index contributed by atoms with van der Waals surface area (Å²) in [5.41, 5.74) is 1.18. The summed E-state index contributed by atoms with van der Waals surface area (Å²) in [6.07, 6.45) is 5.53. The Bertz CT molecular complexity index is 705. The Hall–Kier alpha value is -1.85. The van der Waals surface area contributed by atoms with Crippen LogP contribution in [-0.4, -0.2) is 47.5 Å². The van der Waals surface area contributed by atoms with E-state index >= 15 is 0 Å². The van der Waals surface area contributed by atoms with Gasteiger partial charge in [-0.2, -0.15) is 0 Å². The molecular formula is C19H24N2O3. The molecule has 0 saturated carbocycles. The summed E-state index contributed by atoms with van der Waals surface area (Å²) < 4.78 is 13.5. The van der Waals surface area contributed by atoms with Gasteiger partial charge in [-0.3, -0.25) is 4.79 Å². The Balaban J connectivity index is 1.42. The molecular weight excluding hydrogens is 304 g/mol. The van der Waals surface area contributed by atoms with E-state index in [1.807, 2.05) is 17.0 Å². The SMILES string of the molecule is O=C(CCn1ccc2ccccc21)N1CCCCC1C1OCCO1. The molecule has 3 heterocycles. The topological polar surface area (TPSA) is 43.7 Å². The summed E-state index contributed by atoms with van der Waals surface area (Å²) in [6, 6.07) is 10.5. The highest BCUT2D eigenvalue weighted by Gasteiger charge is 2.35. The van der Waals surface area contributed by atoms with Crippen molar-refractivity contribution in [2.45, 2.75) is 44.6 Å². The number of likely N-dealkylation sites (tertiary alicyclic amines) is 1. The number of rotatable bonds is 4. The molecule has 0 aliphatic carbocycles. The van der Waals surface area contributed by atoms with Gasteiger partial charge in [0, 0.05) is 31.2 Å². The lowest BCUT2D eigenvalue weighted by atomic mass is 10.0. The molecule has 24 heavy (non-hydrogen) atoms. The lowest BCUT2D eigenvalue weighted by molar-refractivity contribution is -0.150.